The summed E-state index contributed by atoms with van der Waals surface area (Å²) in [5, 5.41) is 0. The van der Waals surface area contributed by atoms with Crippen molar-refractivity contribution < 1.29 is 9.53 Å². The number of carbonyl (C=O) groups is 1. The minimum Gasteiger partial charge on any atom is -0.344 e. The SMILES string of the molecule is O=C1C[C@H]2N(CCCc3ccccc3)CC[C@]23O[C@H](c2ccccc2)CN13. The van der Waals surface area contributed by atoms with Crippen molar-refractivity contribution in [3.8, 4) is 0 Å². The molecule has 3 fully saturated rings. The summed E-state index contributed by atoms with van der Waals surface area (Å²) in [5.74, 6) is 0.256. The molecule has 4 nitrogen and oxygen atoms in total. The Labute approximate surface area is 160 Å². The lowest BCUT2D eigenvalue weighted by Gasteiger charge is -2.32. The van der Waals surface area contributed by atoms with Crippen LogP contribution in [0.15, 0.2) is 60.7 Å². The highest BCUT2D eigenvalue weighted by Crippen LogP contribution is 2.50. The zero-order valence-electron chi connectivity index (χ0n) is 15.6. The van der Waals surface area contributed by atoms with Crippen LogP contribution >= 0.6 is 0 Å². The van der Waals surface area contributed by atoms with Crippen LogP contribution in [0, 0.1) is 0 Å². The molecule has 0 aliphatic carbocycles. The van der Waals surface area contributed by atoms with Gasteiger partial charge in [-0.2, -0.15) is 0 Å². The summed E-state index contributed by atoms with van der Waals surface area (Å²) in [5.41, 5.74) is 2.16. The van der Waals surface area contributed by atoms with Gasteiger partial charge in [-0.25, -0.2) is 0 Å². The number of ether oxygens (including phenoxy) is 1. The van der Waals surface area contributed by atoms with Gasteiger partial charge in [0.25, 0.3) is 0 Å². The Bertz CT molecular complexity index is 810. The van der Waals surface area contributed by atoms with E-state index < -0.39 is 5.72 Å². The van der Waals surface area contributed by atoms with Crippen LogP contribution in [0.5, 0.6) is 0 Å². The molecule has 2 aromatic carbocycles. The molecule has 0 unspecified atom stereocenters. The molecule has 2 aromatic rings. The average molecular weight is 362 g/mol. The average Bonchev–Trinajstić information content (AvgIpc) is 3.33. The fourth-order valence-corrected chi connectivity index (χ4v) is 5.15. The smallest absolute Gasteiger partial charge is 0.226 e. The molecule has 3 atom stereocenters. The lowest BCUT2D eigenvalue weighted by molar-refractivity contribution is -0.138. The van der Waals surface area contributed by atoms with E-state index in [-0.39, 0.29) is 18.1 Å². The van der Waals surface area contributed by atoms with Crippen LogP contribution in [0.3, 0.4) is 0 Å². The van der Waals surface area contributed by atoms with Crippen molar-refractivity contribution >= 4 is 5.91 Å². The van der Waals surface area contributed by atoms with Gasteiger partial charge in [0.2, 0.25) is 5.91 Å². The second kappa shape index (κ2) is 6.77. The molecule has 3 heterocycles. The van der Waals surface area contributed by atoms with Crippen molar-refractivity contribution in [2.75, 3.05) is 19.6 Å². The standard InChI is InChI=1S/C23H26N2O2/c26-22-16-21-23(25(22)17-20(27-23)19-11-5-2-6-12-19)13-15-24(21)14-7-10-18-8-3-1-4-9-18/h1-6,8-9,11-12,20-21H,7,10,13-17H2/t20-,21+,23-/m0/s1. The Balaban J connectivity index is 1.28. The summed E-state index contributed by atoms with van der Waals surface area (Å²) in [6.45, 7) is 2.74. The highest BCUT2D eigenvalue weighted by atomic mass is 16.5. The Morgan fingerprint density at radius 3 is 2.56 bits per heavy atom. The maximum Gasteiger partial charge on any atom is 0.226 e. The number of benzene rings is 2. The fourth-order valence-electron chi connectivity index (χ4n) is 5.15. The summed E-state index contributed by atoms with van der Waals surface area (Å²) in [6.07, 6.45) is 3.74. The lowest BCUT2D eigenvalue weighted by atomic mass is 10.1. The van der Waals surface area contributed by atoms with Gasteiger partial charge in [-0.05, 0) is 30.5 Å². The van der Waals surface area contributed by atoms with Crippen LogP contribution in [0.4, 0.5) is 0 Å². The zero-order valence-corrected chi connectivity index (χ0v) is 15.6. The topological polar surface area (TPSA) is 32.8 Å². The van der Waals surface area contributed by atoms with Gasteiger partial charge in [0.1, 0.15) is 6.10 Å². The van der Waals surface area contributed by atoms with Crippen molar-refractivity contribution in [2.45, 2.75) is 43.6 Å². The zero-order chi connectivity index (χ0) is 18.3. The van der Waals surface area contributed by atoms with Gasteiger partial charge in [0, 0.05) is 19.4 Å². The Morgan fingerprint density at radius 2 is 1.78 bits per heavy atom. The van der Waals surface area contributed by atoms with Gasteiger partial charge in [0.15, 0.2) is 5.72 Å². The van der Waals surface area contributed by atoms with Crippen molar-refractivity contribution in [3.05, 3.63) is 71.8 Å². The molecule has 1 spiro atoms. The van der Waals surface area contributed by atoms with Crippen LogP contribution in [0.1, 0.15) is 36.5 Å². The third kappa shape index (κ3) is 2.88. The quantitative estimate of drug-likeness (QED) is 0.817. The fraction of sp³-hybridized carbons (Fsp3) is 0.435. The van der Waals surface area contributed by atoms with E-state index in [1.807, 2.05) is 23.1 Å². The van der Waals surface area contributed by atoms with Gasteiger partial charge in [0.05, 0.1) is 12.6 Å². The molecule has 0 bridgehead atoms. The largest absolute Gasteiger partial charge is 0.344 e. The van der Waals surface area contributed by atoms with Crippen LogP contribution in [-0.4, -0.2) is 47.1 Å². The molecular formula is C23H26N2O2. The summed E-state index contributed by atoms with van der Waals surface area (Å²) in [7, 11) is 0. The second-order valence-electron chi connectivity index (χ2n) is 7.96. The molecule has 0 aromatic heterocycles. The minimum absolute atomic E-state index is 0.00205. The van der Waals surface area contributed by atoms with Gasteiger partial charge in [-0.3, -0.25) is 9.69 Å². The van der Waals surface area contributed by atoms with Gasteiger partial charge in [-0.1, -0.05) is 60.7 Å². The molecule has 3 aliphatic heterocycles. The third-order valence-electron chi connectivity index (χ3n) is 6.46. The predicted octanol–water partition coefficient (Wildman–Crippen LogP) is 3.39. The molecule has 27 heavy (non-hydrogen) atoms. The van der Waals surface area contributed by atoms with E-state index in [1.54, 1.807) is 0 Å². The van der Waals surface area contributed by atoms with Gasteiger partial charge < -0.3 is 9.64 Å². The molecule has 140 valence electrons. The first-order valence-corrected chi connectivity index (χ1v) is 10.1. The first kappa shape index (κ1) is 17.0. The van der Waals surface area contributed by atoms with Crippen molar-refractivity contribution in [3.63, 3.8) is 0 Å². The number of aryl methyl sites for hydroxylation is 1. The van der Waals surface area contributed by atoms with Crippen molar-refractivity contribution in [1.82, 2.24) is 9.80 Å². The molecule has 0 saturated carbocycles. The van der Waals surface area contributed by atoms with Gasteiger partial charge in [-0.15, -0.1) is 0 Å². The highest BCUT2D eigenvalue weighted by Gasteiger charge is 2.63. The second-order valence-corrected chi connectivity index (χ2v) is 7.96. The normalized spacial score (nSPS) is 29.9. The number of nitrogens with zero attached hydrogens (tertiary/aromatic N) is 2. The first-order valence-electron chi connectivity index (χ1n) is 10.1. The molecule has 0 radical (unpaired) electrons. The van der Waals surface area contributed by atoms with Crippen LogP contribution in [-0.2, 0) is 16.0 Å². The third-order valence-corrected chi connectivity index (χ3v) is 6.46. The maximum absolute atomic E-state index is 12.7. The number of carbonyl (C=O) groups excluding carboxylic acids is 1. The number of hydrogen-bond acceptors (Lipinski definition) is 3. The first-order chi connectivity index (χ1) is 13.3. The molecular weight excluding hydrogens is 336 g/mol. The summed E-state index contributed by atoms with van der Waals surface area (Å²) >= 11 is 0. The van der Waals surface area contributed by atoms with E-state index in [9.17, 15) is 4.79 Å². The summed E-state index contributed by atoms with van der Waals surface area (Å²) in [6, 6.07) is 21.2. The van der Waals surface area contributed by atoms with E-state index in [0.717, 1.165) is 32.4 Å². The van der Waals surface area contributed by atoms with E-state index >= 15 is 0 Å². The Hall–Kier alpha value is -2.17. The maximum atomic E-state index is 12.7. The molecule has 0 N–H and O–H groups in total. The Kier molecular flexibility index (Phi) is 4.25. The molecule has 5 rings (SSSR count). The van der Waals surface area contributed by atoms with Crippen molar-refractivity contribution in [1.29, 1.82) is 0 Å². The monoisotopic (exact) mass is 362 g/mol. The molecule has 3 saturated heterocycles. The van der Waals surface area contributed by atoms with E-state index in [4.69, 9.17) is 4.74 Å². The Morgan fingerprint density at radius 1 is 1.04 bits per heavy atom. The van der Waals surface area contributed by atoms with Crippen LogP contribution in [0.25, 0.3) is 0 Å². The lowest BCUT2D eigenvalue weighted by Crippen LogP contribution is -2.47. The number of hydrogen-bond donors (Lipinski definition) is 0. The van der Waals surface area contributed by atoms with Crippen molar-refractivity contribution in [2.24, 2.45) is 0 Å². The summed E-state index contributed by atoms with van der Waals surface area (Å²) in [4.78, 5) is 17.2. The molecule has 3 aliphatic rings. The van der Waals surface area contributed by atoms with E-state index in [2.05, 4.69) is 47.4 Å². The number of likely N-dealkylation sites (tertiary alicyclic amines) is 1. The molecule has 4 heteroatoms. The summed E-state index contributed by atoms with van der Waals surface area (Å²) < 4.78 is 6.61. The number of amides is 1. The highest BCUT2D eigenvalue weighted by molar-refractivity contribution is 5.81. The van der Waals surface area contributed by atoms with Crippen LogP contribution < -0.4 is 0 Å². The van der Waals surface area contributed by atoms with E-state index in [1.165, 1.54) is 11.1 Å². The number of rotatable bonds is 5. The van der Waals surface area contributed by atoms with E-state index in [0.29, 0.717) is 13.0 Å². The minimum atomic E-state index is -0.398. The van der Waals surface area contributed by atoms with Gasteiger partial charge >= 0.3 is 0 Å². The van der Waals surface area contributed by atoms with Crippen LogP contribution in [0.2, 0.25) is 0 Å². The predicted molar refractivity (Wildman–Crippen MR) is 104 cm³/mol. The molecule has 1 amide bonds.